The average molecular weight is 322 g/mol. The highest BCUT2D eigenvalue weighted by Gasteiger charge is 2.20. The molecule has 4 heteroatoms. The Kier molecular flexibility index (Phi) is 7.56. The zero-order chi connectivity index (χ0) is 17.5. The van der Waals surface area contributed by atoms with Gasteiger partial charge in [0.05, 0.1) is 6.61 Å². The van der Waals surface area contributed by atoms with Crippen molar-refractivity contribution in [1.29, 1.82) is 0 Å². The van der Waals surface area contributed by atoms with Crippen molar-refractivity contribution in [2.45, 2.75) is 65.2 Å². The van der Waals surface area contributed by atoms with Crippen LogP contribution >= 0.6 is 0 Å². The fraction of sp³-hybridized carbons (Fsp3) is 0.632. The number of phenols is 1. The van der Waals surface area contributed by atoms with Gasteiger partial charge in [-0.2, -0.15) is 0 Å². The van der Waals surface area contributed by atoms with Crippen molar-refractivity contribution in [3.63, 3.8) is 0 Å². The van der Waals surface area contributed by atoms with Gasteiger partial charge in [0.1, 0.15) is 5.75 Å². The van der Waals surface area contributed by atoms with Crippen molar-refractivity contribution in [2.75, 3.05) is 13.2 Å². The normalized spacial score (nSPS) is 11.5. The Hall–Kier alpha value is -1.55. The van der Waals surface area contributed by atoms with E-state index in [1.54, 1.807) is 0 Å². The van der Waals surface area contributed by atoms with E-state index >= 15 is 0 Å². The van der Waals surface area contributed by atoms with Gasteiger partial charge in [-0.3, -0.25) is 4.79 Å². The van der Waals surface area contributed by atoms with Crippen LogP contribution in [0.2, 0.25) is 0 Å². The quantitative estimate of drug-likeness (QED) is 0.566. The largest absolute Gasteiger partial charge is 0.507 e. The first-order chi connectivity index (χ1) is 10.8. The molecule has 0 aromatic heterocycles. The van der Waals surface area contributed by atoms with Gasteiger partial charge >= 0.3 is 5.97 Å². The second kappa shape index (κ2) is 8.92. The average Bonchev–Trinajstić information content (AvgIpc) is 2.47. The molecule has 130 valence electrons. The van der Waals surface area contributed by atoms with E-state index < -0.39 is 0 Å². The number of benzene rings is 1. The minimum atomic E-state index is -0.197. The Balaban J connectivity index is 2.55. The van der Waals surface area contributed by atoms with Gasteiger partial charge in [0.2, 0.25) is 0 Å². The van der Waals surface area contributed by atoms with Gasteiger partial charge in [0.25, 0.3) is 0 Å². The van der Waals surface area contributed by atoms with Crippen LogP contribution in [0.25, 0.3) is 0 Å². The van der Waals surface area contributed by atoms with E-state index in [1.165, 1.54) is 0 Å². The fourth-order valence-electron chi connectivity index (χ4n) is 2.47. The second-order valence-electron chi connectivity index (χ2n) is 7.06. The molecular formula is C19H30O4. The monoisotopic (exact) mass is 322 g/mol. The summed E-state index contributed by atoms with van der Waals surface area (Å²) in [6.07, 6.45) is 3.36. The van der Waals surface area contributed by atoms with Gasteiger partial charge < -0.3 is 14.9 Å². The van der Waals surface area contributed by atoms with Gasteiger partial charge in [-0.15, -0.1) is 0 Å². The van der Waals surface area contributed by atoms with Gasteiger partial charge in [-0.05, 0) is 54.7 Å². The molecule has 0 aliphatic heterocycles. The smallest absolute Gasteiger partial charge is 0.306 e. The van der Waals surface area contributed by atoms with Crippen LogP contribution in [-0.4, -0.2) is 29.4 Å². The highest BCUT2D eigenvalue weighted by atomic mass is 16.5. The van der Waals surface area contributed by atoms with Crippen molar-refractivity contribution in [2.24, 2.45) is 0 Å². The molecule has 0 unspecified atom stereocenters. The van der Waals surface area contributed by atoms with Crippen LogP contribution in [0.15, 0.2) is 12.1 Å². The molecule has 0 amide bonds. The highest BCUT2D eigenvalue weighted by molar-refractivity contribution is 5.69. The molecular weight excluding hydrogens is 292 g/mol. The number of hydrogen-bond acceptors (Lipinski definition) is 4. The Morgan fingerprint density at radius 2 is 1.87 bits per heavy atom. The number of rotatable bonds is 8. The van der Waals surface area contributed by atoms with Crippen LogP contribution < -0.4 is 0 Å². The van der Waals surface area contributed by atoms with Crippen LogP contribution in [0.1, 0.15) is 63.1 Å². The van der Waals surface area contributed by atoms with Crippen molar-refractivity contribution >= 4 is 5.97 Å². The third-order valence-electron chi connectivity index (χ3n) is 3.85. The fourth-order valence-corrected chi connectivity index (χ4v) is 2.47. The summed E-state index contributed by atoms with van der Waals surface area (Å²) in [5.41, 5.74) is 2.65. The minimum Gasteiger partial charge on any atom is -0.507 e. The lowest BCUT2D eigenvalue weighted by Crippen LogP contribution is -2.13. The molecule has 1 rings (SSSR count). The molecule has 0 heterocycles. The second-order valence-corrected chi connectivity index (χ2v) is 7.06. The molecule has 1 aromatic carbocycles. The van der Waals surface area contributed by atoms with Crippen LogP contribution in [0.5, 0.6) is 5.75 Å². The lowest BCUT2D eigenvalue weighted by Gasteiger charge is -2.22. The van der Waals surface area contributed by atoms with Crippen molar-refractivity contribution < 1.29 is 19.7 Å². The number of aryl methyl sites for hydroxylation is 2. The van der Waals surface area contributed by atoms with E-state index in [2.05, 4.69) is 20.8 Å². The van der Waals surface area contributed by atoms with E-state index in [0.29, 0.717) is 25.2 Å². The summed E-state index contributed by atoms with van der Waals surface area (Å²) in [6, 6.07) is 3.91. The molecule has 0 saturated heterocycles. The zero-order valence-electron chi connectivity index (χ0n) is 14.8. The first-order valence-electron chi connectivity index (χ1n) is 8.35. The number of ether oxygens (including phenoxy) is 1. The molecule has 2 N–H and O–H groups in total. The number of unbranched alkanes of at least 4 members (excludes halogenated alkanes) is 2. The summed E-state index contributed by atoms with van der Waals surface area (Å²) >= 11 is 0. The van der Waals surface area contributed by atoms with Crippen molar-refractivity contribution in [3.8, 4) is 5.75 Å². The molecule has 0 radical (unpaired) electrons. The molecule has 0 aliphatic carbocycles. The summed E-state index contributed by atoms with van der Waals surface area (Å²) in [6.45, 7) is 8.67. The molecule has 0 saturated carbocycles. The van der Waals surface area contributed by atoms with E-state index in [9.17, 15) is 9.90 Å². The van der Waals surface area contributed by atoms with E-state index in [-0.39, 0.29) is 18.0 Å². The summed E-state index contributed by atoms with van der Waals surface area (Å²) in [5, 5.41) is 18.9. The first-order valence-corrected chi connectivity index (χ1v) is 8.35. The molecule has 4 nitrogen and oxygen atoms in total. The molecule has 0 bridgehead atoms. The zero-order valence-corrected chi connectivity index (χ0v) is 14.8. The van der Waals surface area contributed by atoms with E-state index in [1.807, 2.05) is 19.1 Å². The SMILES string of the molecule is Cc1cc(CCC(=O)OCCCCCO)cc(C(C)(C)C)c1O. The number of esters is 1. The minimum absolute atomic E-state index is 0.141. The number of aliphatic hydroxyl groups is 1. The van der Waals surface area contributed by atoms with Crippen LogP contribution in [0.4, 0.5) is 0 Å². The number of carbonyl (C=O) groups is 1. The third kappa shape index (κ3) is 6.61. The first kappa shape index (κ1) is 19.5. The van der Waals surface area contributed by atoms with Crippen molar-refractivity contribution in [1.82, 2.24) is 0 Å². The summed E-state index contributed by atoms with van der Waals surface area (Å²) in [7, 11) is 0. The number of aromatic hydroxyl groups is 1. The molecule has 1 aromatic rings. The summed E-state index contributed by atoms with van der Waals surface area (Å²) < 4.78 is 5.19. The van der Waals surface area contributed by atoms with Gasteiger partial charge in [-0.25, -0.2) is 0 Å². The maximum atomic E-state index is 11.8. The van der Waals surface area contributed by atoms with Crippen molar-refractivity contribution in [3.05, 3.63) is 28.8 Å². The third-order valence-corrected chi connectivity index (χ3v) is 3.85. The van der Waals surface area contributed by atoms with Gasteiger partial charge in [-0.1, -0.05) is 32.9 Å². The lowest BCUT2D eigenvalue weighted by molar-refractivity contribution is -0.143. The predicted molar refractivity (Wildman–Crippen MR) is 91.8 cm³/mol. The lowest BCUT2D eigenvalue weighted by atomic mass is 9.83. The Morgan fingerprint density at radius 1 is 1.17 bits per heavy atom. The Morgan fingerprint density at radius 3 is 2.48 bits per heavy atom. The van der Waals surface area contributed by atoms with Gasteiger partial charge in [0.15, 0.2) is 0 Å². The number of phenolic OH excluding ortho intramolecular Hbond substituents is 1. The molecule has 0 atom stereocenters. The summed E-state index contributed by atoms with van der Waals surface area (Å²) in [5.74, 6) is 0.143. The van der Waals surface area contributed by atoms with Crippen LogP contribution in [0, 0.1) is 6.92 Å². The maximum absolute atomic E-state index is 11.8. The summed E-state index contributed by atoms with van der Waals surface area (Å²) in [4.78, 5) is 11.8. The number of aliphatic hydroxyl groups excluding tert-OH is 1. The van der Waals surface area contributed by atoms with Crippen LogP contribution in [-0.2, 0) is 21.4 Å². The van der Waals surface area contributed by atoms with Crippen LogP contribution in [0.3, 0.4) is 0 Å². The van der Waals surface area contributed by atoms with Gasteiger partial charge in [0, 0.05) is 13.0 Å². The molecule has 0 spiro atoms. The number of hydrogen-bond donors (Lipinski definition) is 2. The highest BCUT2D eigenvalue weighted by Crippen LogP contribution is 2.34. The van der Waals surface area contributed by atoms with E-state index in [4.69, 9.17) is 9.84 Å². The predicted octanol–water partition coefficient (Wildman–Crippen LogP) is 3.64. The topological polar surface area (TPSA) is 66.8 Å². The molecule has 23 heavy (non-hydrogen) atoms. The Bertz CT molecular complexity index is 515. The molecule has 0 aliphatic rings. The molecule has 0 fully saturated rings. The number of carbonyl (C=O) groups excluding carboxylic acids is 1. The van der Waals surface area contributed by atoms with E-state index in [0.717, 1.165) is 36.0 Å². The standard InChI is InChI=1S/C19H30O4/c1-14-12-15(13-16(18(14)22)19(2,3)4)8-9-17(21)23-11-7-5-6-10-20/h12-13,20,22H,5-11H2,1-4H3. The maximum Gasteiger partial charge on any atom is 0.306 e. The Labute approximate surface area is 139 Å².